The van der Waals surface area contributed by atoms with Gasteiger partial charge >= 0.3 is 0 Å². The number of hydrogen-bond acceptors (Lipinski definition) is 6. The van der Waals surface area contributed by atoms with Crippen molar-refractivity contribution in [2.24, 2.45) is 0 Å². The maximum absolute atomic E-state index is 14.1. The first-order valence-corrected chi connectivity index (χ1v) is 10.9. The Labute approximate surface area is 167 Å². The van der Waals surface area contributed by atoms with Gasteiger partial charge in [0.1, 0.15) is 5.82 Å². The second kappa shape index (κ2) is 9.61. The van der Waals surface area contributed by atoms with Crippen molar-refractivity contribution in [2.45, 2.75) is 20.8 Å². The molecule has 1 aromatic heterocycles. The zero-order valence-electron chi connectivity index (χ0n) is 16.2. The zero-order chi connectivity index (χ0) is 20.7. The van der Waals surface area contributed by atoms with Crippen molar-refractivity contribution in [3.8, 4) is 0 Å². The van der Waals surface area contributed by atoms with Crippen LogP contribution in [0.1, 0.15) is 32.6 Å². The second-order valence-electron chi connectivity index (χ2n) is 6.11. The van der Waals surface area contributed by atoms with Crippen molar-refractivity contribution in [1.82, 2.24) is 15.4 Å². The van der Waals surface area contributed by atoms with Crippen LogP contribution in [-0.2, 0) is 9.84 Å². The summed E-state index contributed by atoms with van der Waals surface area (Å²) in [6.45, 7) is 6.25. The minimum absolute atomic E-state index is 0. The Hall–Kier alpha value is -2.52. The fourth-order valence-corrected chi connectivity index (χ4v) is 3.79. The van der Waals surface area contributed by atoms with Crippen molar-refractivity contribution in [1.29, 1.82) is 0 Å². The minimum Gasteiger partial charge on any atom is -0.351 e. The third-order valence-corrected chi connectivity index (χ3v) is 5.67. The summed E-state index contributed by atoms with van der Waals surface area (Å²) < 4.78 is 37.0. The van der Waals surface area contributed by atoms with Gasteiger partial charge in [-0.2, -0.15) is 0 Å². The average Bonchev–Trinajstić information content (AvgIpc) is 2.68. The van der Waals surface area contributed by atoms with E-state index in [-0.39, 0.29) is 38.7 Å². The van der Waals surface area contributed by atoms with E-state index in [0.29, 0.717) is 5.69 Å². The second-order valence-corrected chi connectivity index (χ2v) is 8.41. The molecule has 0 bridgehead atoms. The standard InChI is InChI=1S/C17H19FN4O3S.C2H6.2H2/c1-12-2-3-15(14(18)10-12)20-16-11-19-5-4-13(16)17(23)21-22-6-8-26(24,25)9-7-22;1-2;;/h2-5,10-11,20H,6-9H2,1H3,(H,21,23);1-2H3;2*1H. The highest BCUT2D eigenvalue weighted by Gasteiger charge is 2.23. The lowest BCUT2D eigenvalue weighted by Crippen LogP contribution is -2.50. The number of pyridine rings is 1. The van der Waals surface area contributed by atoms with Gasteiger partial charge in [0.2, 0.25) is 0 Å². The van der Waals surface area contributed by atoms with Crippen LogP contribution in [0, 0.1) is 12.7 Å². The highest BCUT2D eigenvalue weighted by molar-refractivity contribution is 7.91. The molecule has 2 N–H and O–H groups in total. The first-order valence-electron chi connectivity index (χ1n) is 9.07. The molecule has 2 aromatic rings. The Morgan fingerprint density at radius 1 is 1.18 bits per heavy atom. The molecule has 1 amide bonds. The van der Waals surface area contributed by atoms with Gasteiger partial charge in [0.25, 0.3) is 5.91 Å². The van der Waals surface area contributed by atoms with Gasteiger partial charge in [-0.3, -0.25) is 15.2 Å². The number of hydrogen-bond donors (Lipinski definition) is 2. The molecule has 28 heavy (non-hydrogen) atoms. The lowest BCUT2D eigenvalue weighted by molar-refractivity contribution is 0.0803. The molecule has 7 nitrogen and oxygen atoms in total. The van der Waals surface area contributed by atoms with E-state index in [4.69, 9.17) is 0 Å². The van der Waals surface area contributed by atoms with Gasteiger partial charge in [0.05, 0.1) is 34.6 Å². The van der Waals surface area contributed by atoms with E-state index >= 15 is 0 Å². The van der Waals surface area contributed by atoms with E-state index in [2.05, 4.69) is 15.7 Å². The fraction of sp³-hybridized carbons (Fsp3) is 0.368. The van der Waals surface area contributed by atoms with E-state index in [9.17, 15) is 17.6 Å². The fourth-order valence-electron chi connectivity index (χ4n) is 2.59. The van der Waals surface area contributed by atoms with Gasteiger partial charge in [0, 0.05) is 22.1 Å². The maximum Gasteiger partial charge on any atom is 0.267 e. The van der Waals surface area contributed by atoms with Crippen LogP contribution >= 0.6 is 0 Å². The van der Waals surface area contributed by atoms with Crippen molar-refractivity contribution >= 4 is 27.1 Å². The molecule has 0 aliphatic carbocycles. The quantitative estimate of drug-likeness (QED) is 0.802. The van der Waals surface area contributed by atoms with E-state index in [1.165, 1.54) is 24.5 Å². The molecule has 0 atom stereocenters. The minimum atomic E-state index is -3.03. The first-order chi connectivity index (χ1) is 13.3. The number of rotatable bonds is 4. The number of sulfone groups is 1. The number of nitrogens with zero attached hydrogens (tertiary/aromatic N) is 2. The van der Waals surface area contributed by atoms with Crippen LogP contribution in [0.15, 0.2) is 36.7 Å². The SMILES string of the molecule is CC.Cc1ccc(Nc2cnccc2C(=O)NN2CCS(=O)(=O)CC2)c(F)c1.[HH].[HH]. The highest BCUT2D eigenvalue weighted by atomic mass is 32.2. The Morgan fingerprint density at radius 2 is 1.86 bits per heavy atom. The smallest absolute Gasteiger partial charge is 0.267 e. The third kappa shape index (κ3) is 5.74. The molecule has 156 valence electrons. The van der Waals surface area contributed by atoms with Crippen LogP contribution in [0.25, 0.3) is 0 Å². The number of amides is 1. The molecule has 0 saturated carbocycles. The molecule has 2 heterocycles. The van der Waals surface area contributed by atoms with E-state index < -0.39 is 21.6 Å². The molecule has 1 aliphatic rings. The molecule has 0 spiro atoms. The number of halogens is 1. The molecular weight excluding hydrogens is 383 g/mol. The maximum atomic E-state index is 14.1. The summed E-state index contributed by atoms with van der Waals surface area (Å²) in [6, 6.07) is 6.27. The van der Waals surface area contributed by atoms with Gasteiger partial charge in [0.15, 0.2) is 9.84 Å². The van der Waals surface area contributed by atoms with Crippen LogP contribution in [0.3, 0.4) is 0 Å². The number of anilines is 2. The Bertz CT molecular complexity index is 931. The van der Waals surface area contributed by atoms with Crippen LogP contribution in [0.4, 0.5) is 15.8 Å². The molecule has 0 radical (unpaired) electrons. The summed E-state index contributed by atoms with van der Waals surface area (Å²) in [4.78, 5) is 16.5. The van der Waals surface area contributed by atoms with E-state index in [0.717, 1.165) is 5.56 Å². The lowest BCUT2D eigenvalue weighted by Gasteiger charge is -2.27. The lowest BCUT2D eigenvalue weighted by atomic mass is 10.2. The first kappa shape index (κ1) is 21.8. The number of aryl methyl sites for hydroxylation is 1. The van der Waals surface area contributed by atoms with Crippen molar-refractivity contribution < 1.29 is 20.5 Å². The third-order valence-electron chi connectivity index (χ3n) is 4.06. The summed E-state index contributed by atoms with van der Waals surface area (Å²) in [7, 11) is -3.03. The van der Waals surface area contributed by atoms with Gasteiger partial charge in [-0.1, -0.05) is 19.9 Å². The van der Waals surface area contributed by atoms with E-state index in [1.807, 2.05) is 13.8 Å². The molecule has 1 aromatic carbocycles. The summed E-state index contributed by atoms with van der Waals surface area (Å²) in [5, 5.41) is 4.46. The van der Waals surface area contributed by atoms with Crippen LogP contribution in [0.2, 0.25) is 0 Å². The predicted molar refractivity (Wildman–Crippen MR) is 112 cm³/mol. The number of aromatic nitrogens is 1. The number of hydrazine groups is 1. The Morgan fingerprint density at radius 3 is 2.50 bits per heavy atom. The van der Waals surface area contributed by atoms with Crippen LogP contribution in [0.5, 0.6) is 0 Å². The molecule has 0 unspecified atom stereocenters. The van der Waals surface area contributed by atoms with E-state index in [1.54, 1.807) is 24.1 Å². The predicted octanol–water partition coefficient (Wildman–Crippen LogP) is 3.17. The molecule has 9 heteroatoms. The summed E-state index contributed by atoms with van der Waals surface area (Å²) >= 11 is 0. The van der Waals surface area contributed by atoms with Crippen molar-refractivity contribution in [3.05, 3.63) is 53.6 Å². The Kier molecular flexibility index (Phi) is 7.47. The highest BCUT2D eigenvalue weighted by Crippen LogP contribution is 2.23. The summed E-state index contributed by atoms with van der Waals surface area (Å²) in [6.07, 6.45) is 2.90. The molecule has 1 aliphatic heterocycles. The summed E-state index contributed by atoms with van der Waals surface area (Å²) in [5.41, 5.74) is 4.36. The van der Waals surface area contributed by atoms with Gasteiger partial charge in [-0.05, 0) is 30.7 Å². The molecule has 3 rings (SSSR count). The van der Waals surface area contributed by atoms with Gasteiger partial charge in [-0.15, -0.1) is 0 Å². The van der Waals surface area contributed by atoms with Crippen molar-refractivity contribution in [3.63, 3.8) is 0 Å². The van der Waals surface area contributed by atoms with Crippen LogP contribution in [-0.4, -0.2) is 48.9 Å². The summed E-state index contributed by atoms with van der Waals surface area (Å²) in [5.74, 6) is -0.838. The monoisotopic (exact) mass is 412 g/mol. The van der Waals surface area contributed by atoms with Crippen molar-refractivity contribution in [2.75, 3.05) is 29.9 Å². The zero-order valence-corrected chi connectivity index (χ0v) is 17.0. The normalized spacial score (nSPS) is 15.9. The largest absolute Gasteiger partial charge is 0.351 e. The number of carbonyl (C=O) groups is 1. The number of benzene rings is 1. The molecule has 1 fully saturated rings. The van der Waals surface area contributed by atoms with Gasteiger partial charge < -0.3 is 5.32 Å². The molecular formula is C19H29FN4O3S. The molecule has 1 saturated heterocycles. The van der Waals surface area contributed by atoms with Crippen LogP contribution < -0.4 is 10.7 Å². The Balaban J connectivity index is 0.00000204. The topological polar surface area (TPSA) is 91.4 Å². The number of nitrogens with one attached hydrogen (secondary N) is 2. The average molecular weight is 413 g/mol. The van der Waals surface area contributed by atoms with Gasteiger partial charge in [-0.25, -0.2) is 17.8 Å². The number of carbonyl (C=O) groups excluding carboxylic acids is 1.